The largest absolute Gasteiger partial charge is 0.329 e. The van der Waals surface area contributed by atoms with Gasteiger partial charge in [-0.05, 0) is 49.2 Å². The van der Waals surface area contributed by atoms with Gasteiger partial charge in [0.25, 0.3) is 0 Å². The number of fused-ring (bicyclic) bond motifs is 1. The number of hydrazone groups is 1. The third-order valence-corrected chi connectivity index (χ3v) is 4.67. The van der Waals surface area contributed by atoms with Gasteiger partial charge in [0.15, 0.2) is 0 Å². The molecule has 6 nitrogen and oxygen atoms in total. The van der Waals surface area contributed by atoms with E-state index in [0.29, 0.717) is 16.3 Å². The summed E-state index contributed by atoms with van der Waals surface area (Å²) in [7, 11) is 0. The minimum Gasteiger partial charge on any atom is -0.318 e. The summed E-state index contributed by atoms with van der Waals surface area (Å²) in [6.45, 7) is 3.80. The molecule has 0 atom stereocenters. The first-order chi connectivity index (χ1) is 13.3. The van der Waals surface area contributed by atoms with Crippen molar-refractivity contribution in [1.82, 2.24) is 10.4 Å². The minimum absolute atomic E-state index is 0.245. The Bertz CT molecular complexity index is 1110. The molecule has 0 aliphatic carbocycles. The van der Waals surface area contributed by atoms with E-state index in [2.05, 4.69) is 20.8 Å². The Hall–Kier alpha value is -2.96. The molecular formula is C20H16Cl2N4O2. The van der Waals surface area contributed by atoms with Crippen molar-refractivity contribution in [3.05, 3.63) is 69.3 Å². The number of amides is 2. The van der Waals surface area contributed by atoms with Crippen LogP contribution in [0, 0.1) is 13.8 Å². The fourth-order valence-electron chi connectivity index (χ4n) is 2.43. The highest BCUT2D eigenvalue weighted by atomic mass is 35.5. The third kappa shape index (κ3) is 4.65. The molecule has 0 unspecified atom stereocenters. The molecule has 1 aromatic heterocycles. The van der Waals surface area contributed by atoms with Gasteiger partial charge in [-0.25, -0.2) is 10.4 Å². The Morgan fingerprint density at radius 3 is 2.57 bits per heavy atom. The van der Waals surface area contributed by atoms with Gasteiger partial charge in [-0.2, -0.15) is 5.10 Å². The minimum atomic E-state index is -0.923. The zero-order valence-corrected chi connectivity index (χ0v) is 16.6. The number of hydrogen-bond donors (Lipinski definition) is 2. The van der Waals surface area contributed by atoms with Crippen LogP contribution in [0.3, 0.4) is 0 Å². The van der Waals surface area contributed by atoms with E-state index in [1.54, 1.807) is 24.3 Å². The summed E-state index contributed by atoms with van der Waals surface area (Å²) in [4.78, 5) is 28.2. The van der Waals surface area contributed by atoms with Gasteiger partial charge in [-0.3, -0.25) is 9.59 Å². The van der Waals surface area contributed by atoms with E-state index in [9.17, 15) is 9.59 Å². The van der Waals surface area contributed by atoms with Gasteiger partial charge >= 0.3 is 11.8 Å². The van der Waals surface area contributed by atoms with Crippen LogP contribution >= 0.6 is 23.2 Å². The SMILES string of the molecule is Cc1ccc2cc(/C=N\NC(=O)C(=O)Nc3ccc(C)c(Cl)c3)c(Cl)nc2c1. The maximum absolute atomic E-state index is 11.9. The number of rotatable bonds is 3. The van der Waals surface area contributed by atoms with Crippen molar-refractivity contribution < 1.29 is 9.59 Å². The summed E-state index contributed by atoms with van der Waals surface area (Å²) in [6, 6.07) is 12.6. The standard InChI is InChI=1S/C20H16Cl2N4O2/c1-11-3-5-13-8-14(18(22)25-17(13)7-11)10-23-26-20(28)19(27)24-15-6-4-12(2)16(21)9-15/h3-10H,1-2H3,(H,24,27)(H,26,28)/b23-10-. The van der Waals surface area contributed by atoms with Crippen LogP contribution < -0.4 is 10.7 Å². The number of aryl methyl sites for hydroxylation is 2. The second-order valence-corrected chi connectivity index (χ2v) is 6.95. The summed E-state index contributed by atoms with van der Waals surface area (Å²) in [5.74, 6) is -1.79. The topological polar surface area (TPSA) is 83.5 Å². The van der Waals surface area contributed by atoms with Crippen molar-refractivity contribution >= 4 is 57.8 Å². The molecule has 8 heteroatoms. The molecule has 3 rings (SSSR count). The number of carbonyl (C=O) groups is 2. The second kappa shape index (κ2) is 8.37. The Morgan fingerprint density at radius 1 is 1.04 bits per heavy atom. The maximum Gasteiger partial charge on any atom is 0.329 e. The van der Waals surface area contributed by atoms with Gasteiger partial charge in [0, 0.05) is 21.7 Å². The average Bonchev–Trinajstić information content (AvgIpc) is 2.65. The number of nitrogens with one attached hydrogen (secondary N) is 2. The molecule has 0 aliphatic rings. The van der Waals surface area contributed by atoms with Gasteiger partial charge in [-0.15, -0.1) is 0 Å². The molecule has 1 heterocycles. The van der Waals surface area contributed by atoms with Crippen LogP contribution in [-0.2, 0) is 9.59 Å². The number of hydrogen-bond acceptors (Lipinski definition) is 4. The maximum atomic E-state index is 11.9. The fraction of sp³-hybridized carbons (Fsp3) is 0.100. The van der Waals surface area contributed by atoms with Crippen LogP contribution in [0.15, 0.2) is 47.6 Å². The highest BCUT2D eigenvalue weighted by molar-refractivity contribution is 6.40. The quantitative estimate of drug-likeness (QED) is 0.290. The number of benzene rings is 2. The normalized spacial score (nSPS) is 11.0. The van der Waals surface area contributed by atoms with Crippen LogP contribution in [0.2, 0.25) is 10.2 Å². The van der Waals surface area contributed by atoms with Crippen molar-refractivity contribution in [2.75, 3.05) is 5.32 Å². The van der Waals surface area contributed by atoms with E-state index in [1.807, 2.05) is 32.0 Å². The van der Waals surface area contributed by atoms with Crippen LogP contribution in [-0.4, -0.2) is 23.0 Å². The van der Waals surface area contributed by atoms with Gasteiger partial charge in [0.2, 0.25) is 0 Å². The molecule has 2 amide bonds. The highest BCUT2D eigenvalue weighted by Gasteiger charge is 2.13. The summed E-state index contributed by atoms with van der Waals surface area (Å²) in [6.07, 6.45) is 1.34. The van der Waals surface area contributed by atoms with Crippen molar-refractivity contribution in [2.45, 2.75) is 13.8 Å². The zero-order valence-electron chi connectivity index (χ0n) is 15.1. The Kier molecular flexibility index (Phi) is 5.92. The predicted octanol–water partition coefficient (Wildman–Crippen LogP) is 4.25. The van der Waals surface area contributed by atoms with Gasteiger partial charge in [0.1, 0.15) is 5.15 Å². The number of anilines is 1. The zero-order chi connectivity index (χ0) is 20.3. The number of halogens is 2. The molecule has 3 aromatic rings. The number of pyridine rings is 1. The first kappa shape index (κ1) is 19.8. The molecule has 2 aromatic carbocycles. The number of nitrogens with zero attached hydrogens (tertiary/aromatic N) is 2. The molecule has 2 N–H and O–H groups in total. The van der Waals surface area contributed by atoms with Crippen molar-refractivity contribution in [3.8, 4) is 0 Å². The lowest BCUT2D eigenvalue weighted by atomic mass is 10.1. The van der Waals surface area contributed by atoms with E-state index >= 15 is 0 Å². The molecule has 142 valence electrons. The van der Waals surface area contributed by atoms with E-state index in [-0.39, 0.29) is 5.15 Å². The molecule has 0 saturated heterocycles. The number of aromatic nitrogens is 1. The predicted molar refractivity (Wildman–Crippen MR) is 112 cm³/mol. The summed E-state index contributed by atoms with van der Waals surface area (Å²) in [5, 5.41) is 7.86. The molecular weight excluding hydrogens is 399 g/mol. The van der Waals surface area contributed by atoms with Crippen molar-refractivity contribution in [3.63, 3.8) is 0 Å². The van der Waals surface area contributed by atoms with E-state index < -0.39 is 11.8 Å². The molecule has 28 heavy (non-hydrogen) atoms. The van der Waals surface area contributed by atoms with Crippen molar-refractivity contribution in [1.29, 1.82) is 0 Å². The molecule has 0 aliphatic heterocycles. The van der Waals surface area contributed by atoms with Crippen LogP contribution in [0.4, 0.5) is 5.69 Å². The molecule has 0 saturated carbocycles. The third-order valence-electron chi connectivity index (χ3n) is 3.96. The first-order valence-corrected chi connectivity index (χ1v) is 9.06. The molecule has 0 fully saturated rings. The average molecular weight is 415 g/mol. The van der Waals surface area contributed by atoms with Crippen LogP contribution in [0.25, 0.3) is 10.9 Å². The monoisotopic (exact) mass is 414 g/mol. The smallest absolute Gasteiger partial charge is 0.318 e. The fourth-order valence-corrected chi connectivity index (χ4v) is 2.81. The van der Waals surface area contributed by atoms with Gasteiger partial charge in [-0.1, -0.05) is 41.4 Å². The van der Waals surface area contributed by atoms with Gasteiger partial charge < -0.3 is 5.32 Å². The van der Waals surface area contributed by atoms with E-state index in [1.165, 1.54) is 6.21 Å². The van der Waals surface area contributed by atoms with Crippen LogP contribution in [0.1, 0.15) is 16.7 Å². The summed E-state index contributed by atoms with van der Waals surface area (Å²) < 4.78 is 0. The van der Waals surface area contributed by atoms with E-state index in [0.717, 1.165) is 22.0 Å². The molecule has 0 bridgehead atoms. The highest BCUT2D eigenvalue weighted by Crippen LogP contribution is 2.21. The second-order valence-electron chi connectivity index (χ2n) is 6.18. The number of carbonyl (C=O) groups excluding carboxylic acids is 2. The summed E-state index contributed by atoms with van der Waals surface area (Å²) in [5.41, 5.74) is 5.80. The lowest BCUT2D eigenvalue weighted by molar-refractivity contribution is -0.136. The Labute approximate surface area is 171 Å². The molecule has 0 spiro atoms. The molecule has 0 radical (unpaired) electrons. The Morgan fingerprint density at radius 2 is 1.82 bits per heavy atom. The van der Waals surface area contributed by atoms with Crippen molar-refractivity contribution in [2.24, 2.45) is 5.10 Å². The lowest BCUT2D eigenvalue weighted by Gasteiger charge is -2.06. The lowest BCUT2D eigenvalue weighted by Crippen LogP contribution is -2.32. The summed E-state index contributed by atoms with van der Waals surface area (Å²) >= 11 is 12.2. The van der Waals surface area contributed by atoms with Gasteiger partial charge in [0.05, 0.1) is 11.7 Å². The van der Waals surface area contributed by atoms with E-state index in [4.69, 9.17) is 23.2 Å². The first-order valence-electron chi connectivity index (χ1n) is 8.31. The Balaban J connectivity index is 1.66. The van der Waals surface area contributed by atoms with Crippen LogP contribution in [0.5, 0.6) is 0 Å².